The van der Waals surface area contributed by atoms with Crippen LogP contribution in [0.15, 0.2) is 53.3 Å². The summed E-state index contributed by atoms with van der Waals surface area (Å²) in [5.41, 5.74) is 5.86. The first-order valence-electron chi connectivity index (χ1n) is 11.1. The molecule has 32 heavy (non-hydrogen) atoms. The quantitative estimate of drug-likeness (QED) is 0.634. The van der Waals surface area contributed by atoms with Crippen molar-refractivity contribution < 1.29 is 4.79 Å². The Balaban J connectivity index is 1.54. The molecule has 0 aliphatic carbocycles. The topological polar surface area (TPSA) is 58.4 Å². The summed E-state index contributed by atoms with van der Waals surface area (Å²) in [7, 11) is 0. The van der Waals surface area contributed by atoms with E-state index in [-0.39, 0.29) is 11.5 Å². The second kappa shape index (κ2) is 8.99. The highest BCUT2D eigenvalue weighted by atomic mass is 16.2. The largest absolute Gasteiger partial charge is 0.353 e. The minimum atomic E-state index is -0.154. The van der Waals surface area contributed by atoms with Crippen LogP contribution in [0.1, 0.15) is 39.0 Å². The monoisotopic (exact) mass is 430 g/mol. The van der Waals surface area contributed by atoms with E-state index in [1.165, 1.54) is 10.2 Å². The van der Waals surface area contributed by atoms with Gasteiger partial charge in [-0.3, -0.25) is 9.59 Å². The summed E-state index contributed by atoms with van der Waals surface area (Å²) in [5, 5.41) is 4.66. The molecule has 2 heterocycles. The van der Waals surface area contributed by atoms with E-state index in [1.807, 2.05) is 62.9 Å². The van der Waals surface area contributed by atoms with E-state index in [0.29, 0.717) is 19.6 Å². The first kappa shape index (κ1) is 21.8. The van der Waals surface area contributed by atoms with E-state index in [0.717, 1.165) is 46.7 Å². The fourth-order valence-electron chi connectivity index (χ4n) is 4.24. The van der Waals surface area contributed by atoms with Gasteiger partial charge in [0.05, 0.1) is 5.69 Å². The van der Waals surface area contributed by atoms with E-state index in [1.54, 1.807) is 12.1 Å². The number of hydrogen-bond acceptors (Lipinski definition) is 4. The van der Waals surface area contributed by atoms with Gasteiger partial charge in [-0.05, 0) is 75.6 Å². The normalized spacial score (nSPS) is 14.4. The molecule has 1 aromatic heterocycles. The molecule has 6 nitrogen and oxygen atoms in total. The first-order chi connectivity index (χ1) is 15.3. The summed E-state index contributed by atoms with van der Waals surface area (Å²) < 4.78 is 1.46. The lowest BCUT2D eigenvalue weighted by molar-refractivity contribution is 0.0767. The van der Waals surface area contributed by atoms with Crippen molar-refractivity contribution in [2.75, 3.05) is 31.1 Å². The van der Waals surface area contributed by atoms with Crippen molar-refractivity contribution in [3.63, 3.8) is 0 Å². The van der Waals surface area contributed by atoms with Crippen molar-refractivity contribution in [1.29, 1.82) is 0 Å². The van der Waals surface area contributed by atoms with E-state index < -0.39 is 0 Å². The molecule has 2 aromatic carbocycles. The maximum absolute atomic E-state index is 13.1. The molecule has 0 N–H and O–H groups in total. The van der Waals surface area contributed by atoms with Crippen molar-refractivity contribution in [1.82, 2.24) is 14.7 Å². The lowest BCUT2D eigenvalue weighted by atomic mass is 10.1. The third-order valence-corrected chi connectivity index (χ3v) is 6.10. The second-order valence-electron chi connectivity index (χ2n) is 8.72. The van der Waals surface area contributed by atoms with E-state index >= 15 is 0 Å². The molecule has 1 fully saturated rings. The molecule has 1 aliphatic rings. The number of rotatable bonds is 3. The van der Waals surface area contributed by atoms with E-state index in [2.05, 4.69) is 16.1 Å². The summed E-state index contributed by atoms with van der Waals surface area (Å²) in [6.07, 6.45) is 0.848. The number of hydrogen-bond donors (Lipinski definition) is 0. The maximum atomic E-state index is 13.1. The van der Waals surface area contributed by atoms with Gasteiger partial charge in [0.25, 0.3) is 11.5 Å². The maximum Gasteiger partial charge on any atom is 0.271 e. The van der Waals surface area contributed by atoms with Crippen LogP contribution in [0.2, 0.25) is 0 Å². The number of amides is 1. The zero-order chi connectivity index (χ0) is 22.8. The third kappa shape index (κ3) is 4.59. The molecular formula is C26H30N4O2. The highest BCUT2D eigenvalue weighted by Gasteiger charge is 2.22. The SMILES string of the molecule is Cc1cc(C)cc(C(=O)N2CCCN(c3ccc(=O)n(-c4ccc(C)c(C)c4)n3)CC2)c1. The van der Waals surface area contributed by atoms with Crippen molar-refractivity contribution in [2.24, 2.45) is 0 Å². The number of aryl methyl sites for hydroxylation is 4. The lowest BCUT2D eigenvalue weighted by Crippen LogP contribution is -2.36. The van der Waals surface area contributed by atoms with E-state index in [9.17, 15) is 9.59 Å². The third-order valence-electron chi connectivity index (χ3n) is 6.10. The van der Waals surface area contributed by atoms with Gasteiger partial charge in [-0.2, -0.15) is 4.68 Å². The van der Waals surface area contributed by atoms with Crippen molar-refractivity contribution in [2.45, 2.75) is 34.1 Å². The van der Waals surface area contributed by atoms with Crippen LogP contribution in [-0.4, -0.2) is 46.8 Å². The van der Waals surface area contributed by atoms with Gasteiger partial charge in [0, 0.05) is 37.8 Å². The summed E-state index contributed by atoms with van der Waals surface area (Å²) in [5.74, 6) is 0.829. The van der Waals surface area contributed by atoms with Gasteiger partial charge in [-0.25, -0.2) is 0 Å². The molecule has 1 aliphatic heterocycles. The highest BCUT2D eigenvalue weighted by molar-refractivity contribution is 5.94. The van der Waals surface area contributed by atoms with Crippen LogP contribution >= 0.6 is 0 Å². The standard InChI is InChI=1S/C26H30N4O2/c1-18-14-19(2)16-22(15-18)26(32)29-11-5-10-28(12-13-29)24-8-9-25(31)30(27-24)23-7-6-20(3)21(4)17-23/h6-9,14-17H,5,10-13H2,1-4H3. The van der Waals surface area contributed by atoms with Gasteiger partial charge < -0.3 is 9.80 Å². The summed E-state index contributed by atoms with van der Waals surface area (Å²) in [6, 6.07) is 15.3. The first-order valence-corrected chi connectivity index (χ1v) is 11.1. The van der Waals surface area contributed by atoms with Crippen LogP contribution in [0.3, 0.4) is 0 Å². The Morgan fingerprint density at radius 1 is 0.812 bits per heavy atom. The molecule has 6 heteroatoms. The van der Waals surface area contributed by atoms with Crippen molar-refractivity contribution in [3.8, 4) is 5.69 Å². The number of carbonyl (C=O) groups excluding carboxylic acids is 1. The fraction of sp³-hybridized carbons (Fsp3) is 0.346. The molecule has 0 unspecified atom stereocenters. The average molecular weight is 431 g/mol. The Morgan fingerprint density at radius 2 is 1.56 bits per heavy atom. The Bertz CT molecular complexity index is 1190. The number of benzene rings is 2. The number of aromatic nitrogens is 2. The molecule has 4 rings (SSSR count). The predicted molar refractivity (Wildman–Crippen MR) is 128 cm³/mol. The highest BCUT2D eigenvalue weighted by Crippen LogP contribution is 2.18. The fourth-order valence-corrected chi connectivity index (χ4v) is 4.24. The molecule has 1 amide bonds. The molecule has 3 aromatic rings. The molecule has 166 valence electrons. The molecule has 0 atom stereocenters. The molecule has 0 saturated carbocycles. The Labute approximate surface area is 189 Å². The zero-order valence-electron chi connectivity index (χ0n) is 19.3. The summed E-state index contributed by atoms with van der Waals surface area (Å²) in [6.45, 7) is 10.9. The van der Waals surface area contributed by atoms with Crippen molar-refractivity contribution >= 4 is 11.7 Å². The van der Waals surface area contributed by atoms with Crippen LogP contribution in [0.25, 0.3) is 5.69 Å². The van der Waals surface area contributed by atoms with Gasteiger partial charge in [-0.1, -0.05) is 23.3 Å². The molecule has 0 spiro atoms. The molecule has 0 bridgehead atoms. The molecular weight excluding hydrogens is 400 g/mol. The van der Waals surface area contributed by atoms with Crippen molar-refractivity contribution in [3.05, 3.63) is 86.7 Å². The van der Waals surface area contributed by atoms with Crippen LogP contribution in [0.4, 0.5) is 5.82 Å². The van der Waals surface area contributed by atoms with Crippen LogP contribution < -0.4 is 10.5 Å². The number of anilines is 1. The minimum Gasteiger partial charge on any atom is -0.353 e. The average Bonchev–Trinajstić information content (AvgIpc) is 3.01. The second-order valence-corrected chi connectivity index (χ2v) is 8.72. The van der Waals surface area contributed by atoms with Gasteiger partial charge in [-0.15, -0.1) is 5.10 Å². The van der Waals surface area contributed by atoms with Gasteiger partial charge in [0.2, 0.25) is 0 Å². The van der Waals surface area contributed by atoms with Crippen LogP contribution in [0.5, 0.6) is 0 Å². The summed E-state index contributed by atoms with van der Waals surface area (Å²) >= 11 is 0. The van der Waals surface area contributed by atoms with Crippen LogP contribution in [-0.2, 0) is 0 Å². The summed E-state index contributed by atoms with van der Waals surface area (Å²) in [4.78, 5) is 29.7. The Kier molecular flexibility index (Phi) is 6.12. The zero-order valence-corrected chi connectivity index (χ0v) is 19.3. The van der Waals surface area contributed by atoms with E-state index in [4.69, 9.17) is 0 Å². The van der Waals surface area contributed by atoms with Crippen LogP contribution in [0, 0.1) is 27.7 Å². The number of carbonyl (C=O) groups is 1. The smallest absolute Gasteiger partial charge is 0.271 e. The van der Waals surface area contributed by atoms with Gasteiger partial charge in [0.1, 0.15) is 5.82 Å². The van der Waals surface area contributed by atoms with Gasteiger partial charge >= 0.3 is 0 Å². The Hall–Kier alpha value is -3.41. The molecule has 0 radical (unpaired) electrons. The Morgan fingerprint density at radius 3 is 2.28 bits per heavy atom. The van der Waals surface area contributed by atoms with Gasteiger partial charge in [0.15, 0.2) is 0 Å². The minimum absolute atomic E-state index is 0.0757. The lowest BCUT2D eigenvalue weighted by Gasteiger charge is -2.23. The predicted octanol–water partition coefficient (Wildman–Crippen LogP) is 3.82. The molecule has 1 saturated heterocycles. The number of nitrogens with zero attached hydrogens (tertiary/aromatic N) is 4.